The highest BCUT2D eigenvalue weighted by Crippen LogP contribution is 2.34. The van der Waals surface area contributed by atoms with Crippen LogP contribution in [0.25, 0.3) is 0 Å². The first-order chi connectivity index (χ1) is 11.0. The molecule has 0 bridgehead atoms. The zero-order chi connectivity index (χ0) is 16.4. The summed E-state index contributed by atoms with van der Waals surface area (Å²) in [5.41, 5.74) is 1.57. The summed E-state index contributed by atoms with van der Waals surface area (Å²) in [6.07, 6.45) is 2.44. The largest absolute Gasteiger partial charge is 0.480 e. The number of benzene rings is 2. The van der Waals surface area contributed by atoms with E-state index in [9.17, 15) is 9.90 Å². The Labute approximate surface area is 141 Å². The molecule has 0 radical (unpaired) electrons. The molecule has 0 spiro atoms. The molecule has 1 fully saturated rings. The topological polar surface area (TPSA) is 40.5 Å². The lowest BCUT2D eigenvalue weighted by Crippen LogP contribution is -2.33. The van der Waals surface area contributed by atoms with Gasteiger partial charge in [0.05, 0.1) is 0 Å². The van der Waals surface area contributed by atoms with Gasteiger partial charge in [-0.15, -0.1) is 0 Å². The van der Waals surface area contributed by atoms with Crippen LogP contribution in [0.3, 0.4) is 0 Å². The van der Waals surface area contributed by atoms with Gasteiger partial charge in [-0.05, 0) is 55.2 Å². The third-order valence-corrected chi connectivity index (χ3v) is 5.02. The molecule has 3 nitrogen and oxygen atoms in total. The van der Waals surface area contributed by atoms with Crippen LogP contribution in [0, 0.1) is 0 Å². The van der Waals surface area contributed by atoms with Crippen LogP contribution in [0.1, 0.15) is 30.9 Å². The Kier molecular flexibility index (Phi) is 4.31. The smallest absolute Gasteiger partial charge is 0.318 e. The van der Waals surface area contributed by atoms with E-state index in [-0.39, 0.29) is 0 Å². The van der Waals surface area contributed by atoms with Gasteiger partial charge in [-0.3, -0.25) is 4.79 Å². The van der Waals surface area contributed by atoms with Crippen molar-refractivity contribution in [1.29, 1.82) is 0 Å². The lowest BCUT2D eigenvalue weighted by atomic mass is 9.76. The first kappa shape index (κ1) is 15.9. The third-order valence-electron chi connectivity index (χ3n) is 4.77. The SMILES string of the molecule is CC(C(=O)O)(c1ccc(Cl)cc1)c1ccc(N2CCCC2)cc1. The maximum absolute atomic E-state index is 12.0. The lowest BCUT2D eigenvalue weighted by Gasteiger charge is -2.27. The molecular weight excluding hydrogens is 310 g/mol. The highest BCUT2D eigenvalue weighted by atomic mass is 35.5. The standard InChI is InChI=1S/C19H20ClNO2/c1-19(18(22)23,14-4-8-16(20)9-5-14)15-6-10-17(11-7-15)21-12-2-3-13-21/h4-11H,2-3,12-13H2,1H3,(H,22,23). The number of aliphatic carboxylic acids is 1. The summed E-state index contributed by atoms with van der Waals surface area (Å²) in [4.78, 5) is 14.3. The Bertz CT molecular complexity index is 690. The molecule has 1 unspecified atom stereocenters. The van der Waals surface area contributed by atoms with Crippen LogP contribution >= 0.6 is 11.6 Å². The summed E-state index contributed by atoms with van der Waals surface area (Å²) in [6, 6.07) is 14.9. The number of carboxylic acid groups (broad SMARTS) is 1. The minimum atomic E-state index is -1.09. The zero-order valence-electron chi connectivity index (χ0n) is 13.1. The fourth-order valence-corrected chi connectivity index (χ4v) is 3.30. The van der Waals surface area contributed by atoms with E-state index in [4.69, 9.17) is 11.6 Å². The zero-order valence-corrected chi connectivity index (χ0v) is 13.9. The van der Waals surface area contributed by atoms with Crippen molar-refractivity contribution in [3.05, 3.63) is 64.7 Å². The highest BCUT2D eigenvalue weighted by Gasteiger charge is 2.37. The van der Waals surface area contributed by atoms with Gasteiger partial charge in [0.1, 0.15) is 5.41 Å². The number of halogens is 1. The van der Waals surface area contributed by atoms with E-state index in [1.165, 1.54) is 12.8 Å². The molecule has 23 heavy (non-hydrogen) atoms. The Balaban J connectivity index is 1.97. The normalized spacial score (nSPS) is 17.0. The molecule has 0 aliphatic carbocycles. The van der Waals surface area contributed by atoms with E-state index >= 15 is 0 Å². The van der Waals surface area contributed by atoms with Crippen molar-refractivity contribution in [2.45, 2.75) is 25.2 Å². The second-order valence-electron chi connectivity index (χ2n) is 6.18. The minimum Gasteiger partial charge on any atom is -0.480 e. The average Bonchev–Trinajstić information content (AvgIpc) is 3.09. The molecule has 1 N–H and O–H groups in total. The maximum atomic E-state index is 12.0. The van der Waals surface area contributed by atoms with Crippen molar-refractivity contribution in [3.8, 4) is 0 Å². The summed E-state index contributed by atoms with van der Waals surface area (Å²) in [5, 5.41) is 10.4. The number of anilines is 1. The van der Waals surface area contributed by atoms with Crippen molar-refractivity contribution in [3.63, 3.8) is 0 Å². The number of hydrogen-bond acceptors (Lipinski definition) is 2. The minimum absolute atomic E-state index is 0.603. The fraction of sp³-hybridized carbons (Fsp3) is 0.316. The first-order valence-electron chi connectivity index (χ1n) is 7.87. The molecule has 2 aromatic rings. The van der Waals surface area contributed by atoms with Gasteiger partial charge in [-0.25, -0.2) is 0 Å². The second kappa shape index (κ2) is 6.25. The van der Waals surface area contributed by atoms with Crippen LogP contribution in [0.5, 0.6) is 0 Å². The number of carboxylic acids is 1. The molecule has 1 heterocycles. The van der Waals surface area contributed by atoms with Crippen LogP contribution in [-0.2, 0) is 10.2 Å². The Morgan fingerprint density at radius 1 is 1.00 bits per heavy atom. The van der Waals surface area contributed by atoms with Crippen LogP contribution in [0.4, 0.5) is 5.69 Å². The van der Waals surface area contributed by atoms with Crippen LogP contribution in [0.2, 0.25) is 5.02 Å². The van der Waals surface area contributed by atoms with Crippen LogP contribution in [-0.4, -0.2) is 24.2 Å². The molecule has 1 saturated heterocycles. The first-order valence-corrected chi connectivity index (χ1v) is 8.24. The molecule has 0 saturated carbocycles. The number of nitrogens with zero attached hydrogens (tertiary/aromatic N) is 1. The molecule has 1 aliphatic rings. The van der Waals surface area contributed by atoms with Gasteiger partial charge in [0.25, 0.3) is 0 Å². The molecule has 2 aromatic carbocycles. The van der Waals surface area contributed by atoms with Crippen molar-refractivity contribution in [2.75, 3.05) is 18.0 Å². The van der Waals surface area contributed by atoms with Gasteiger partial charge >= 0.3 is 5.97 Å². The molecule has 4 heteroatoms. The predicted molar refractivity (Wildman–Crippen MR) is 93.4 cm³/mol. The number of hydrogen-bond donors (Lipinski definition) is 1. The van der Waals surface area contributed by atoms with Crippen molar-refractivity contribution in [1.82, 2.24) is 0 Å². The van der Waals surface area contributed by atoms with Gasteiger partial charge in [-0.2, -0.15) is 0 Å². The summed E-state index contributed by atoms with van der Waals surface area (Å²) >= 11 is 5.93. The molecule has 0 amide bonds. The van der Waals surface area contributed by atoms with E-state index in [0.29, 0.717) is 5.02 Å². The van der Waals surface area contributed by atoms with Crippen molar-refractivity contribution < 1.29 is 9.90 Å². The van der Waals surface area contributed by atoms with E-state index in [2.05, 4.69) is 4.90 Å². The van der Waals surface area contributed by atoms with Crippen LogP contribution in [0.15, 0.2) is 48.5 Å². The van der Waals surface area contributed by atoms with Gasteiger partial charge in [0, 0.05) is 23.8 Å². The predicted octanol–water partition coefficient (Wildman–Crippen LogP) is 4.33. The molecule has 0 aromatic heterocycles. The van der Waals surface area contributed by atoms with Crippen molar-refractivity contribution in [2.24, 2.45) is 0 Å². The monoisotopic (exact) mass is 329 g/mol. The maximum Gasteiger partial charge on any atom is 0.318 e. The van der Waals surface area contributed by atoms with Gasteiger partial charge in [0.2, 0.25) is 0 Å². The average molecular weight is 330 g/mol. The van der Waals surface area contributed by atoms with Gasteiger partial charge in [0.15, 0.2) is 0 Å². The van der Waals surface area contributed by atoms with E-state index in [1.54, 1.807) is 31.2 Å². The highest BCUT2D eigenvalue weighted by molar-refractivity contribution is 6.30. The third kappa shape index (κ3) is 2.93. The van der Waals surface area contributed by atoms with Crippen molar-refractivity contribution >= 4 is 23.3 Å². The summed E-state index contributed by atoms with van der Waals surface area (Å²) in [7, 11) is 0. The lowest BCUT2D eigenvalue weighted by molar-refractivity contribution is -0.141. The van der Waals surface area contributed by atoms with E-state index < -0.39 is 11.4 Å². The molecule has 120 valence electrons. The Morgan fingerprint density at radius 3 is 1.96 bits per heavy atom. The van der Waals surface area contributed by atoms with Gasteiger partial charge in [-0.1, -0.05) is 35.9 Å². The second-order valence-corrected chi connectivity index (χ2v) is 6.61. The van der Waals surface area contributed by atoms with E-state index in [0.717, 1.165) is 29.9 Å². The molecule has 3 rings (SSSR count). The number of rotatable bonds is 4. The quantitative estimate of drug-likeness (QED) is 0.907. The fourth-order valence-electron chi connectivity index (χ4n) is 3.18. The van der Waals surface area contributed by atoms with Gasteiger partial charge < -0.3 is 10.0 Å². The molecule has 1 aliphatic heterocycles. The summed E-state index contributed by atoms with van der Waals surface area (Å²) in [5.74, 6) is -0.867. The number of carbonyl (C=O) groups is 1. The van der Waals surface area contributed by atoms with Crippen LogP contribution < -0.4 is 4.90 Å². The Morgan fingerprint density at radius 2 is 1.48 bits per heavy atom. The Hall–Kier alpha value is -2.00. The molecule has 1 atom stereocenters. The summed E-state index contributed by atoms with van der Waals surface area (Å²) in [6.45, 7) is 3.89. The summed E-state index contributed by atoms with van der Waals surface area (Å²) < 4.78 is 0. The van der Waals surface area contributed by atoms with E-state index in [1.807, 2.05) is 24.3 Å². The molecular formula is C19H20ClNO2.